The van der Waals surface area contributed by atoms with Crippen LogP contribution in [0.3, 0.4) is 0 Å². The Balaban J connectivity index is 1.41. The number of nitrogens with zero attached hydrogens (tertiary/aromatic N) is 1. The third kappa shape index (κ3) is 6.01. The quantitative estimate of drug-likeness (QED) is 0.755. The first kappa shape index (κ1) is 19.3. The first-order valence-corrected chi connectivity index (χ1v) is 8.89. The van der Waals surface area contributed by atoms with Crippen LogP contribution in [0.15, 0.2) is 42.5 Å². The van der Waals surface area contributed by atoms with Gasteiger partial charge >= 0.3 is 0 Å². The van der Waals surface area contributed by atoms with E-state index in [9.17, 15) is 13.6 Å². The van der Waals surface area contributed by atoms with Gasteiger partial charge in [0.15, 0.2) is 0 Å². The summed E-state index contributed by atoms with van der Waals surface area (Å²) < 4.78 is 37.1. The molecule has 0 aliphatic carbocycles. The summed E-state index contributed by atoms with van der Waals surface area (Å²) in [6.45, 7) is 3.75. The van der Waals surface area contributed by atoms with Gasteiger partial charge in [0.2, 0.25) is 5.91 Å². The fourth-order valence-corrected chi connectivity index (χ4v) is 2.80. The summed E-state index contributed by atoms with van der Waals surface area (Å²) in [5, 5.41) is 3.24. The minimum atomic E-state index is -0.683. The average molecular weight is 376 g/mol. The first-order valence-electron chi connectivity index (χ1n) is 8.89. The van der Waals surface area contributed by atoms with Crippen LogP contribution in [-0.4, -0.2) is 43.7 Å². The molecule has 1 heterocycles. The Bertz CT molecular complexity index is 742. The molecule has 7 heteroatoms. The van der Waals surface area contributed by atoms with Crippen LogP contribution in [0.5, 0.6) is 11.5 Å². The molecule has 0 saturated carbocycles. The van der Waals surface area contributed by atoms with Crippen LogP contribution in [-0.2, 0) is 16.1 Å². The Hall–Kier alpha value is -2.51. The number of benzene rings is 2. The average Bonchev–Trinajstić information content (AvgIpc) is 2.66. The minimum Gasteiger partial charge on any atom is -0.457 e. The van der Waals surface area contributed by atoms with E-state index in [1.54, 1.807) is 12.1 Å². The zero-order chi connectivity index (χ0) is 19.1. The molecule has 0 aromatic heterocycles. The van der Waals surface area contributed by atoms with Crippen molar-refractivity contribution in [2.24, 2.45) is 0 Å². The van der Waals surface area contributed by atoms with Crippen molar-refractivity contribution in [3.8, 4) is 11.5 Å². The van der Waals surface area contributed by atoms with Gasteiger partial charge in [-0.3, -0.25) is 4.79 Å². The van der Waals surface area contributed by atoms with E-state index in [0.29, 0.717) is 51.6 Å². The standard InChI is InChI=1S/C20H22F2N2O3/c21-16-11-17(22)13-19(12-16)27-18-3-1-15(2-4-18)14-23-6-5-20(25)24-7-9-26-10-8-24/h1-4,11-13,23H,5-10,14H2. The van der Waals surface area contributed by atoms with Gasteiger partial charge in [0.1, 0.15) is 23.1 Å². The van der Waals surface area contributed by atoms with Gasteiger partial charge in [-0.05, 0) is 17.7 Å². The predicted octanol–water partition coefficient (Wildman–Crippen LogP) is 3.10. The van der Waals surface area contributed by atoms with Crippen molar-refractivity contribution in [1.82, 2.24) is 10.2 Å². The number of hydrogen-bond acceptors (Lipinski definition) is 4. The van der Waals surface area contributed by atoms with Crippen LogP contribution in [0.2, 0.25) is 0 Å². The van der Waals surface area contributed by atoms with Crippen molar-refractivity contribution in [3.63, 3.8) is 0 Å². The third-order valence-corrected chi connectivity index (χ3v) is 4.20. The highest BCUT2D eigenvalue weighted by Gasteiger charge is 2.15. The van der Waals surface area contributed by atoms with E-state index in [0.717, 1.165) is 23.8 Å². The van der Waals surface area contributed by atoms with E-state index in [4.69, 9.17) is 9.47 Å². The molecule has 5 nitrogen and oxygen atoms in total. The van der Waals surface area contributed by atoms with E-state index < -0.39 is 11.6 Å². The molecular weight excluding hydrogens is 354 g/mol. The largest absolute Gasteiger partial charge is 0.457 e. The molecule has 2 aromatic rings. The maximum Gasteiger partial charge on any atom is 0.224 e. The Morgan fingerprint density at radius 1 is 1.04 bits per heavy atom. The lowest BCUT2D eigenvalue weighted by molar-refractivity contribution is -0.135. The molecule has 1 N–H and O–H groups in total. The van der Waals surface area contributed by atoms with Gasteiger partial charge in [0.05, 0.1) is 13.2 Å². The number of rotatable bonds is 7. The maximum absolute atomic E-state index is 13.2. The monoisotopic (exact) mass is 376 g/mol. The van der Waals surface area contributed by atoms with Crippen molar-refractivity contribution in [2.75, 3.05) is 32.8 Å². The molecule has 1 saturated heterocycles. The third-order valence-electron chi connectivity index (χ3n) is 4.20. The molecule has 0 unspecified atom stereocenters. The highest BCUT2D eigenvalue weighted by Crippen LogP contribution is 2.23. The van der Waals surface area contributed by atoms with Crippen LogP contribution in [0.4, 0.5) is 8.78 Å². The highest BCUT2D eigenvalue weighted by atomic mass is 19.1. The van der Waals surface area contributed by atoms with Crippen LogP contribution < -0.4 is 10.1 Å². The summed E-state index contributed by atoms with van der Waals surface area (Å²) in [6.07, 6.45) is 0.451. The second-order valence-corrected chi connectivity index (χ2v) is 6.27. The number of carbonyl (C=O) groups is 1. The fraction of sp³-hybridized carbons (Fsp3) is 0.350. The lowest BCUT2D eigenvalue weighted by atomic mass is 10.2. The zero-order valence-corrected chi connectivity index (χ0v) is 14.9. The van der Waals surface area contributed by atoms with Crippen molar-refractivity contribution in [3.05, 3.63) is 59.7 Å². The molecule has 0 radical (unpaired) electrons. The van der Waals surface area contributed by atoms with E-state index in [2.05, 4.69) is 5.32 Å². The number of amides is 1. The van der Waals surface area contributed by atoms with Crippen molar-refractivity contribution < 1.29 is 23.0 Å². The molecule has 2 aromatic carbocycles. The van der Waals surface area contributed by atoms with Gasteiger partial charge in [0.25, 0.3) is 0 Å². The zero-order valence-electron chi connectivity index (χ0n) is 14.9. The maximum atomic E-state index is 13.2. The highest BCUT2D eigenvalue weighted by molar-refractivity contribution is 5.76. The number of ether oxygens (including phenoxy) is 2. The number of nitrogens with one attached hydrogen (secondary N) is 1. The summed E-state index contributed by atoms with van der Waals surface area (Å²) >= 11 is 0. The van der Waals surface area contributed by atoms with Crippen LogP contribution in [0.25, 0.3) is 0 Å². The fourth-order valence-electron chi connectivity index (χ4n) is 2.80. The second kappa shape index (κ2) is 9.43. The summed E-state index contributed by atoms with van der Waals surface area (Å²) in [5.74, 6) is -0.627. The van der Waals surface area contributed by atoms with Crippen LogP contribution >= 0.6 is 0 Å². The number of carbonyl (C=O) groups excluding carboxylic acids is 1. The van der Waals surface area contributed by atoms with Crippen molar-refractivity contribution >= 4 is 5.91 Å². The molecule has 0 bridgehead atoms. The summed E-state index contributed by atoms with van der Waals surface area (Å²) in [7, 11) is 0. The van der Waals surface area contributed by atoms with Gasteiger partial charge < -0.3 is 19.7 Å². The van der Waals surface area contributed by atoms with Gasteiger partial charge in [-0.15, -0.1) is 0 Å². The van der Waals surface area contributed by atoms with Crippen molar-refractivity contribution in [1.29, 1.82) is 0 Å². The SMILES string of the molecule is O=C(CCNCc1ccc(Oc2cc(F)cc(F)c2)cc1)N1CCOCC1. The number of hydrogen-bond donors (Lipinski definition) is 1. The van der Waals surface area contributed by atoms with Gasteiger partial charge in [0, 0.05) is 50.8 Å². The molecular formula is C20H22F2N2O3. The van der Waals surface area contributed by atoms with Gasteiger partial charge in [-0.1, -0.05) is 12.1 Å². The van der Waals surface area contributed by atoms with Crippen LogP contribution in [0, 0.1) is 11.6 Å². The number of morpholine rings is 1. The van der Waals surface area contributed by atoms with Gasteiger partial charge in [-0.2, -0.15) is 0 Å². The van der Waals surface area contributed by atoms with Crippen LogP contribution in [0.1, 0.15) is 12.0 Å². The van der Waals surface area contributed by atoms with Gasteiger partial charge in [-0.25, -0.2) is 8.78 Å². The molecule has 1 aliphatic rings. The van der Waals surface area contributed by atoms with E-state index >= 15 is 0 Å². The second-order valence-electron chi connectivity index (χ2n) is 6.27. The predicted molar refractivity (Wildman–Crippen MR) is 96.6 cm³/mol. The minimum absolute atomic E-state index is 0.111. The molecule has 27 heavy (non-hydrogen) atoms. The Kier molecular flexibility index (Phi) is 6.73. The number of halogens is 2. The lowest BCUT2D eigenvalue weighted by Crippen LogP contribution is -2.41. The molecule has 1 fully saturated rings. The summed E-state index contributed by atoms with van der Waals surface area (Å²) in [4.78, 5) is 13.9. The van der Waals surface area contributed by atoms with E-state index in [1.165, 1.54) is 0 Å². The Morgan fingerprint density at radius 3 is 2.37 bits per heavy atom. The Morgan fingerprint density at radius 2 is 1.70 bits per heavy atom. The first-order chi connectivity index (χ1) is 13.1. The smallest absolute Gasteiger partial charge is 0.224 e. The summed E-state index contributed by atoms with van der Waals surface area (Å²) in [6, 6.07) is 10.3. The summed E-state index contributed by atoms with van der Waals surface area (Å²) in [5.41, 5.74) is 1.02. The van der Waals surface area contributed by atoms with Crippen molar-refractivity contribution in [2.45, 2.75) is 13.0 Å². The van der Waals surface area contributed by atoms with E-state index in [-0.39, 0.29) is 11.7 Å². The molecule has 0 spiro atoms. The molecule has 144 valence electrons. The lowest BCUT2D eigenvalue weighted by Gasteiger charge is -2.26. The topological polar surface area (TPSA) is 50.8 Å². The molecule has 0 atom stereocenters. The Labute approximate surface area is 156 Å². The molecule has 1 amide bonds. The molecule has 1 aliphatic heterocycles. The molecule has 3 rings (SSSR count). The normalized spacial score (nSPS) is 14.2. The van der Waals surface area contributed by atoms with E-state index in [1.807, 2.05) is 17.0 Å².